The Labute approximate surface area is 178 Å². The number of unbranched alkanes of at least 4 members (excludes halogenated alkanes) is 9. The van der Waals surface area contributed by atoms with Crippen molar-refractivity contribution in [3.8, 4) is 0 Å². The maximum Gasteiger partial charge on any atom is 0.0406 e. The first-order valence-corrected chi connectivity index (χ1v) is 11.7. The number of nitrogens with zero attached hydrogens (tertiary/aromatic N) is 1. The van der Waals surface area contributed by atoms with Gasteiger partial charge in [0.05, 0.1) is 0 Å². The monoisotopic (exact) mass is 399 g/mol. The van der Waals surface area contributed by atoms with Crippen LogP contribution in [-0.4, -0.2) is 11.4 Å². The van der Waals surface area contributed by atoms with Gasteiger partial charge in [0, 0.05) is 18.1 Å². The minimum atomic E-state index is 0.813. The molecule has 2 aromatic carbocycles. The highest BCUT2D eigenvalue weighted by Crippen LogP contribution is 2.15. The SMILES string of the molecule is CCCCCCCCCCCCN(Cc1ccccc1)Cc1ccc(Cl)cc1. The van der Waals surface area contributed by atoms with Crippen molar-refractivity contribution >= 4 is 11.6 Å². The summed E-state index contributed by atoms with van der Waals surface area (Å²) < 4.78 is 0. The van der Waals surface area contributed by atoms with Crippen molar-refractivity contribution in [1.82, 2.24) is 4.90 Å². The molecule has 0 radical (unpaired) electrons. The van der Waals surface area contributed by atoms with Crippen LogP contribution in [0.2, 0.25) is 5.02 Å². The summed E-state index contributed by atoms with van der Waals surface area (Å²) in [6, 6.07) is 19.1. The van der Waals surface area contributed by atoms with E-state index in [2.05, 4.69) is 54.3 Å². The highest BCUT2D eigenvalue weighted by molar-refractivity contribution is 6.30. The molecule has 0 saturated carbocycles. The molecule has 1 nitrogen and oxygen atoms in total. The van der Waals surface area contributed by atoms with Gasteiger partial charge < -0.3 is 0 Å². The van der Waals surface area contributed by atoms with E-state index in [1.165, 1.54) is 75.3 Å². The van der Waals surface area contributed by atoms with Crippen molar-refractivity contribution in [1.29, 1.82) is 0 Å². The van der Waals surface area contributed by atoms with Crippen LogP contribution in [0.25, 0.3) is 0 Å². The Morgan fingerprint density at radius 1 is 0.607 bits per heavy atom. The van der Waals surface area contributed by atoms with Crippen molar-refractivity contribution < 1.29 is 0 Å². The summed E-state index contributed by atoms with van der Waals surface area (Å²) in [4.78, 5) is 2.57. The van der Waals surface area contributed by atoms with Gasteiger partial charge in [-0.2, -0.15) is 0 Å². The molecule has 0 spiro atoms. The van der Waals surface area contributed by atoms with E-state index in [4.69, 9.17) is 11.6 Å². The Balaban J connectivity index is 1.69. The highest BCUT2D eigenvalue weighted by atomic mass is 35.5. The molecule has 2 heteroatoms. The smallest absolute Gasteiger partial charge is 0.0406 e. The number of hydrogen-bond acceptors (Lipinski definition) is 1. The minimum Gasteiger partial charge on any atom is -0.295 e. The maximum atomic E-state index is 6.04. The average Bonchev–Trinajstić information content (AvgIpc) is 2.72. The van der Waals surface area contributed by atoms with Gasteiger partial charge in [-0.05, 0) is 36.2 Å². The number of benzene rings is 2. The zero-order valence-electron chi connectivity index (χ0n) is 17.7. The minimum absolute atomic E-state index is 0.813. The second-order valence-electron chi connectivity index (χ2n) is 8.00. The largest absolute Gasteiger partial charge is 0.295 e. The lowest BCUT2D eigenvalue weighted by Crippen LogP contribution is -2.24. The second-order valence-corrected chi connectivity index (χ2v) is 8.44. The molecule has 0 atom stereocenters. The molecule has 28 heavy (non-hydrogen) atoms. The molecular formula is C26H38ClN. The van der Waals surface area contributed by atoms with Crippen LogP contribution in [0.5, 0.6) is 0 Å². The van der Waals surface area contributed by atoms with Gasteiger partial charge in [-0.15, -0.1) is 0 Å². The lowest BCUT2D eigenvalue weighted by molar-refractivity contribution is 0.250. The van der Waals surface area contributed by atoms with Gasteiger partial charge >= 0.3 is 0 Å². The molecular weight excluding hydrogens is 362 g/mol. The molecule has 0 fully saturated rings. The van der Waals surface area contributed by atoms with Gasteiger partial charge in [-0.25, -0.2) is 0 Å². The molecule has 0 aromatic heterocycles. The molecule has 0 aliphatic heterocycles. The van der Waals surface area contributed by atoms with Crippen LogP contribution in [0.1, 0.15) is 82.3 Å². The van der Waals surface area contributed by atoms with Gasteiger partial charge in [-0.1, -0.05) is 119 Å². The molecule has 154 valence electrons. The fraction of sp³-hybridized carbons (Fsp3) is 0.538. The van der Waals surface area contributed by atoms with E-state index in [-0.39, 0.29) is 0 Å². The Kier molecular flexibility index (Phi) is 12.0. The van der Waals surface area contributed by atoms with E-state index in [0.29, 0.717) is 0 Å². The van der Waals surface area contributed by atoms with Crippen molar-refractivity contribution in [2.45, 2.75) is 84.2 Å². The van der Waals surface area contributed by atoms with Gasteiger partial charge in [0.25, 0.3) is 0 Å². The number of halogens is 1. The van der Waals surface area contributed by atoms with Crippen LogP contribution in [0, 0.1) is 0 Å². The van der Waals surface area contributed by atoms with Crippen LogP contribution in [0.3, 0.4) is 0 Å². The molecule has 0 bridgehead atoms. The standard InChI is InChI=1S/C26H38ClN/c1-2-3-4-5-6-7-8-9-10-14-21-28(22-24-15-12-11-13-16-24)23-25-17-19-26(27)20-18-25/h11-13,15-20H,2-10,14,21-23H2,1H3. The topological polar surface area (TPSA) is 3.24 Å². The van der Waals surface area contributed by atoms with Gasteiger partial charge in [0.2, 0.25) is 0 Å². The predicted octanol–water partition coefficient (Wildman–Crippen LogP) is 8.26. The Morgan fingerprint density at radius 3 is 1.68 bits per heavy atom. The van der Waals surface area contributed by atoms with E-state index in [0.717, 1.165) is 24.7 Å². The average molecular weight is 400 g/mol. The zero-order chi connectivity index (χ0) is 19.9. The summed E-state index contributed by atoms with van der Waals surface area (Å²) in [7, 11) is 0. The van der Waals surface area contributed by atoms with Crippen molar-refractivity contribution in [3.63, 3.8) is 0 Å². The summed E-state index contributed by atoms with van der Waals surface area (Å²) >= 11 is 6.04. The zero-order valence-corrected chi connectivity index (χ0v) is 18.5. The third-order valence-corrected chi connectivity index (χ3v) is 5.65. The molecule has 0 aliphatic rings. The predicted molar refractivity (Wildman–Crippen MR) is 124 cm³/mol. The summed E-state index contributed by atoms with van der Waals surface area (Å²) in [5.74, 6) is 0. The Hall–Kier alpha value is -1.31. The van der Waals surface area contributed by atoms with Crippen molar-refractivity contribution in [2.75, 3.05) is 6.54 Å². The Morgan fingerprint density at radius 2 is 1.11 bits per heavy atom. The fourth-order valence-corrected chi connectivity index (χ4v) is 3.85. The quantitative estimate of drug-likeness (QED) is 0.272. The second kappa shape index (κ2) is 14.7. The van der Waals surface area contributed by atoms with E-state index in [1.807, 2.05) is 12.1 Å². The number of hydrogen-bond donors (Lipinski definition) is 0. The van der Waals surface area contributed by atoms with Crippen LogP contribution in [0.15, 0.2) is 54.6 Å². The van der Waals surface area contributed by atoms with Crippen molar-refractivity contribution in [3.05, 3.63) is 70.7 Å². The van der Waals surface area contributed by atoms with Gasteiger partial charge in [0.15, 0.2) is 0 Å². The first-order chi connectivity index (χ1) is 13.8. The Bertz CT molecular complexity index is 608. The van der Waals surface area contributed by atoms with E-state index < -0.39 is 0 Å². The molecule has 0 N–H and O–H groups in total. The van der Waals surface area contributed by atoms with Crippen LogP contribution in [-0.2, 0) is 13.1 Å². The lowest BCUT2D eigenvalue weighted by atomic mass is 10.1. The van der Waals surface area contributed by atoms with Gasteiger partial charge in [-0.3, -0.25) is 4.90 Å². The summed E-state index contributed by atoms with van der Waals surface area (Å²) in [5, 5.41) is 0.813. The molecule has 0 saturated heterocycles. The first-order valence-electron chi connectivity index (χ1n) is 11.3. The third kappa shape index (κ3) is 10.3. The molecule has 0 aliphatic carbocycles. The summed E-state index contributed by atoms with van der Waals surface area (Å²) in [5.41, 5.74) is 2.73. The highest BCUT2D eigenvalue weighted by Gasteiger charge is 2.07. The molecule has 2 aromatic rings. The maximum absolute atomic E-state index is 6.04. The third-order valence-electron chi connectivity index (χ3n) is 5.40. The fourth-order valence-electron chi connectivity index (χ4n) is 3.73. The number of rotatable bonds is 15. The van der Waals surface area contributed by atoms with Crippen LogP contribution >= 0.6 is 11.6 Å². The molecule has 2 rings (SSSR count). The lowest BCUT2D eigenvalue weighted by Gasteiger charge is -2.23. The summed E-state index contributed by atoms with van der Waals surface area (Å²) in [6.45, 7) is 5.45. The van der Waals surface area contributed by atoms with Crippen LogP contribution < -0.4 is 0 Å². The first kappa shape index (κ1) is 23.0. The van der Waals surface area contributed by atoms with E-state index in [9.17, 15) is 0 Å². The van der Waals surface area contributed by atoms with Gasteiger partial charge in [0.1, 0.15) is 0 Å². The van der Waals surface area contributed by atoms with E-state index in [1.54, 1.807) is 0 Å². The normalized spacial score (nSPS) is 11.2. The van der Waals surface area contributed by atoms with Crippen LogP contribution in [0.4, 0.5) is 0 Å². The van der Waals surface area contributed by atoms with Crippen molar-refractivity contribution in [2.24, 2.45) is 0 Å². The molecule has 0 unspecified atom stereocenters. The summed E-state index contributed by atoms with van der Waals surface area (Å²) in [6.07, 6.45) is 13.9. The molecule has 0 amide bonds. The molecule has 0 heterocycles. The van der Waals surface area contributed by atoms with E-state index >= 15 is 0 Å².